The average molecular weight is 268 g/mol. The highest BCUT2D eigenvalue weighted by atomic mass is 16.2. The van der Waals surface area contributed by atoms with E-state index in [-0.39, 0.29) is 17.2 Å². The summed E-state index contributed by atoms with van der Waals surface area (Å²) in [7, 11) is 0. The predicted molar refractivity (Wildman–Crippen MR) is 80.0 cm³/mol. The summed E-state index contributed by atoms with van der Waals surface area (Å²) in [5.41, 5.74) is 2.61. The Balaban J connectivity index is 2.06. The fraction of sp³-hybridized carbons (Fsp3) is 0.412. The van der Waals surface area contributed by atoms with E-state index in [1.165, 1.54) is 5.57 Å². The first-order chi connectivity index (χ1) is 9.36. The van der Waals surface area contributed by atoms with E-state index < -0.39 is 0 Å². The lowest BCUT2D eigenvalue weighted by Crippen LogP contribution is -2.16. The lowest BCUT2D eigenvalue weighted by molar-refractivity contribution is -0.118. The summed E-state index contributed by atoms with van der Waals surface area (Å²) < 4.78 is 0. The second-order valence-electron chi connectivity index (χ2n) is 6.25. The summed E-state index contributed by atoms with van der Waals surface area (Å²) in [4.78, 5) is 12.3. The summed E-state index contributed by atoms with van der Waals surface area (Å²) in [6.07, 6.45) is 2.18. The molecule has 104 valence electrons. The fourth-order valence-corrected chi connectivity index (χ4v) is 2.70. The molecule has 2 rings (SSSR count). The molecule has 0 unspecified atom stereocenters. The molecule has 1 aliphatic carbocycles. The Labute approximate surface area is 120 Å². The van der Waals surface area contributed by atoms with Crippen LogP contribution in [0.25, 0.3) is 0 Å². The van der Waals surface area contributed by atoms with Crippen molar-refractivity contribution in [3.05, 3.63) is 41.5 Å². The van der Waals surface area contributed by atoms with Crippen LogP contribution in [-0.2, 0) is 4.79 Å². The van der Waals surface area contributed by atoms with Gasteiger partial charge in [0.1, 0.15) is 0 Å². The van der Waals surface area contributed by atoms with Gasteiger partial charge in [0.25, 0.3) is 0 Å². The summed E-state index contributed by atoms with van der Waals surface area (Å²) in [6, 6.07) is 9.01. The van der Waals surface area contributed by atoms with Crippen LogP contribution in [0.5, 0.6) is 0 Å². The zero-order valence-electron chi connectivity index (χ0n) is 12.4. The second kappa shape index (κ2) is 5.13. The average Bonchev–Trinajstić information content (AvgIpc) is 2.91. The first-order valence-corrected chi connectivity index (χ1v) is 6.82. The highest BCUT2D eigenvalue weighted by Gasteiger charge is 2.60. The molecule has 0 saturated heterocycles. The van der Waals surface area contributed by atoms with Gasteiger partial charge in [-0.05, 0) is 49.4 Å². The number of nitrogens with zero attached hydrogens (tertiary/aromatic N) is 1. The van der Waals surface area contributed by atoms with Crippen LogP contribution in [0, 0.1) is 28.6 Å². The minimum absolute atomic E-state index is 0.0213. The number of allylic oxidation sites excluding steroid dienone is 2. The normalized spacial score (nSPS) is 22.6. The van der Waals surface area contributed by atoms with Gasteiger partial charge in [0.15, 0.2) is 0 Å². The zero-order chi connectivity index (χ0) is 14.9. The maximum atomic E-state index is 12.3. The van der Waals surface area contributed by atoms with E-state index in [0.717, 1.165) is 5.69 Å². The molecule has 3 heteroatoms. The van der Waals surface area contributed by atoms with Crippen molar-refractivity contribution in [1.29, 1.82) is 5.26 Å². The molecule has 0 aliphatic heterocycles. The Hall–Kier alpha value is -2.08. The maximum absolute atomic E-state index is 12.3. The van der Waals surface area contributed by atoms with Crippen molar-refractivity contribution in [2.24, 2.45) is 17.3 Å². The molecule has 1 aromatic rings. The Kier molecular flexibility index (Phi) is 3.67. The molecule has 1 aliphatic rings. The number of amides is 1. The van der Waals surface area contributed by atoms with Crippen LogP contribution >= 0.6 is 0 Å². The van der Waals surface area contributed by atoms with Crippen molar-refractivity contribution >= 4 is 11.6 Å². The molecule has 1 saturated carbocycles. The summed E-state index contributed by atoms with van der Waals surface area (Å²) in [5.74, 6) is 0.390. The van der Waals surface area contributed by atoms with Crippen LogP contribution in [0.15, 0.2) is 35.9 Å². The summed E-state index contributed by atoms with van der Waals surface area (Å²) in [5, 5.41) is 11.7. The number of hydrogen-bond acceptors (Lipinski definition) is 2. The molecule has 2 atom stereocenters. The lowest BCUT2D eigenvalue weighted by Gasteiger charge is -2.06. The minimum Gasteiger partial charge on any atom is -0.326 e. The maximum Gasteiger partial charge on any atom is 0.228 e. The van der Waals surface area contributed by atoms with Crippen LogP contribution in [0.2, 0.25) is 0 Å². The predicted octanol–water partition coefficient (Wildman–Crippen LogP) is 3.74. The number of anilines is 1. The lowest BCUT2D eigenvalue weighted by atomic mass is 10.1. The van der Waals surface area contributed by atoms with E-state index in [0.29, 0.717) is 11.5 Å². The number of rotatable bonds is 3. The molecule has 1 N–H and O–H groups in total. The van der Waals surface area contributed by atoms with Crippen molar-refractivity contribution in [3.8, 4) is 6.07 Å². The van der Waals surface area contributed by atoms with E-state index in [1.807, 2.05) is 0 Å². The summed E-state index contributed by atoms with van der Waals surface area (Å²) in [6.45, 7) is 8.37. The highest BCUT2D eigenvalue weighted by Crippen LogP contribution is 2.59. The molecule has 20 heavy (non-hydrogen) atoms. The first-order valence-electron chi connectivity index (χ1n) is 6.82. The Morgan fingerprint density at radius 3 is 2.40 bits per heavy atom. The number of benzene rings is 1. The number of hydrogen-bond donors (Lipinski definition) is 1. The van der Waals surface area contributed by atoms with Crippen molar-refractivity contribution in [3.63, 3.8) is 0 Å². The van der Waals surface area contributed by atoms with Crippen LogP contribution in [0.1, 0.15) is 33.3 Å². The molecule has 1 aromatic carbocycles. The van der Waals surface area contributed by atoms with Gasteiger partial charge >= 0.3 is 0 Å². The molecular weight excluding hydrogens is 248 g/mol. The van der Waals surface area contributed by atoms with Crippen LogP contribution in [0.3, 0.4) is 0 Å². The van der Waals surface area contributed by atoms with Crippen LogP contribution in [0.4, 0.5) is 5.69 Å². The van der Waals surface area contributed by atoms with E-state index in [1.54, 1.807) is 24.3 Å². The van der Waals surface area contributed by atoms with Gasteiger partial charge in [-0.15, -0.1) is 0 Å². The topological polar surface area (TPSA) is 52.9 Å². The number of carbonyl (C=O) groups is 1. The Morgan fingerprint density at radius 2 is 1.90 bits per heavy atom. The Bertz CT molecular complexity index is 586. The van der Waals surface area contributed by atoms with Crippen molar-refractivity contribution in [1.82, 2.24) is 0 Å². The third-order valence-electron chi connectivity index (χ3n) is 3.99. The first kappa shape index (κ1) is 14.3. The third-order valence-corrected chi connectivity index (χ3v) is 3.99. The highest BCUT2D eigenvalue weighted by molar-refractivity contribution is 5.95. The van der Waals surface area contributed by atoms with Crippen molar-refractivity contribution in [2.45, 2.75) is 27.7 Å². The largest absolute Gasteiger partial charge is 0.326 e. The van der Waals surface area contributed by atoms with Gasteiger partial charge in [-0.1, -0.05) is 25.5 Å². The molecule has 0 heterocycles. The molecule has 3 nitrogen and oxygen atoms in total. The molecule has 1 fully saturated rings. The van der Waals surface area contributed by atoms with Crippen molar-refractivity contribution in [2.75, 3.05) is 5.32 Å². The number of carbonyl (C=O) groups excluding carboxylic acids is 1. The van der Waals surface area contributed by atoms with E-state index in [9.17, 15) is 4.79 Å². The van der Waals surface area contributed by atoms with Gasteiger partial charge in [-0.2, -0.15) is 5.26 Å². The quantitative estimate of drug-likeness (QED) is 0.849. The molecule has 0 aromatic heterocycles. The van der Waals surface area contributed by atoms with Gasteiger partial charge in [0, 0.05) is 5.69 Å². The fourth-order valence-electron chi connectivity index (χ4n) is 2.70. The SMILES string of the molecule is CC(C)=C[C@@H]1[C@@H](C(=O)Nc2ccc(C#N)cc2)C1(C)C. The van der Waals surface area contributed by atoms with Gasteiger partial charge in [-0.3, -0.25) is 4.79 Å². The van der Waals surface area contributed by atoms with Gasteiger partial charge in [-0.25, -0.2) is 0 Å². The molecule has 1 amide bonds. The standard InChI is InChI=1S/C17H20N2O/c1-11(2)9-14-15(17(14,3)4)16(20)19-13-7-5-12(10-18)6-8-13/h5-9,14-15H,1-4H3,(H,19,20)/t14-,15+/m1/s1. The second-order valence-corrected chi connectivity index (χ2v) is 6.25. The molecular formula is C17H20N2O. The van der Waals surface area contributed by atoms with Crippen LogP contribution in [-0.4, -0.2) is 5.91 Å². The number of nitrogens with one attached hydrogen (secondary N) is 1. The Morgan fingerprint density at radius 1 is 1.30 bits per heavy atom. The van der Waals surface area contributed by atoms with Crippen molar-refractivity contribution < 1.29 is 4.79 Å². The van der Waals surface area contributed by atoms with E-state index in [4.69, 9.17) is 5.26 Å². The zero-order valence-corrected chi connectivity index (χ0v) is 12.4. The van der Waals surface area contributed by atoms with E-state index >= 15 is 0 Å². The minimum atomic E-state index is 0.0213. The van der Waals surface area contributed by atoms with Crippen LogP contribution < -0.4 is 5.32 Å². The summed E-state index contributed by atoms with van der Waals surface area (Å²) >= 11 is 0. The molecule has 0 bridgehead atoms. The molecule has 0 spiro atoms. The smallest absolute Gasteiger partial charge is 0.228 e. The monoisotopic (exact) mass is 268 g/mol. The van der Waals surface area contributed by atoms with Gasteiger partial charge in [0.05, 0.1) is 17.6 Å². The third kappa shape index (κ3) is 2.75. The van der Waals surface area contributed by atoms with Gasteiger partial charge in [0.2, 0.25) is 5.91 Å². The number of nitriles is 1. The van der Waals surface area contributed by atoms with E-state index in [2.05, 4.69) is 45.2 Å². The van der Waals surface area contributed by atoms with Gasteiger partial charge < -0.3 is 5.32 Å². The molecule has 0 radical (unpaired) electrons.